The minimum atomic E-state index is -4.72. The third-order valence-electron chi connectivity index (χ3n) is 2.80. The monoisotopic (exact) mass is 399 g/mol. The summed E-state index contributed by atoms with van der Waals surface area (Å²) in [6.07, 6.45) is -10.6. The van der Waals surface area contributed by atoms with Crippen molar-refractivity contribution in [1.82, 2.24) is 15.3 Å². The van der Waals surface area contributed by atoms with Crippen LogP contribution in [0.3, 0.4) is 0 Å². The van der Waals surface area contributed by atoms with Crippen LogP contribution < -0.4 is 5.32 Å². The van der Waals surface area contributed by atoms with Crippen molar-refractivity contribution in [1.29, 1.82) is 0 Å². The Labute approximate surface area is 147 Å². The lowest BCUT2D eigenvalue weighted by Gasteiger charge is -2.11. The van der Waals surface area contributed by atoms with Crippen LogP contribution >= 0.6 is 11.8 Å². The van der Waals surface area contributed by atoms with Crippen LogP contribution in [-0.2, 0) is 10.9 Å². The van der Waals surface area contributed by atoms with Gasteiger partial charge in [0.1, 0.15) is 5.03 Å². The highest BCUT2D eigenvalue weighted by Gasteiger charge is 2.35. The fourth-order valence-electron chi connectivity index (χ4n) is 1.78. The molecule has 0 radical (unpaired) electrons. The second-order valence-corrected chi connectivity index (χ2v) is 5.92. The number of halogens is 6. The van der Waals surface area contributed by atoms with Gasteiger partial charge in [0.2, 0.25) is 5.82 Å². The summed E-state index contributed by atoms with van der Waals surface area (Å²) in [6.45, 7) is -1.85. The first kappa shape index (κ1) is 20.1. The van der Waals surface area contributed by atoms with Gasteiger partial charge in [-0.2, -0.15) is 26.3 Å². The predicted molar refractivity (Wildman–Crippen MR) is 80.7 cm³/mol. The van der Waals surface area contributed by atoms with E-state index < -0.39 is 30.9 Å². The highest BCUT2D eigenvalue weighted by atomic mass is 32.2. The number of rotatable bonds is 5. The van der Waals surface area contributed by atoms with E-state index >= 15 is 0 Å². The number of fused-ring (bicyclic) bond motifs is 1. The first-order valence-electron chi connectivity index (χ1n) is 7.00. The van der Waals surface area contributed by atoms with Crippen molar-refractivity contribution in [3.05, 3.63) is 30.1 Å². The van der Waals surface area contributed by atoms with Crippen molar-refractivity contribution in [3.8, 4) is 0 Å². The van der Waals surface area contributed by atoms with Crippen molar-refractivity contribution in [2.45, 2.75) is 17.4 Å². The smallest absolute Gasteiger partial charge is 0.440 e. The molecule has 2 rings (SSSR count). The van der Waals surface area contributed by atoms with Gasteiger partial charge in [0, 0.05) is 17.7 Å². The van der Waals surface area contributed by atoms with Crippen molar-refractivity contribution >= 4 is 28.8 Å². The summed E-state index contributed by atoms with van der Waals surface area (Å²) in [6, 6.07) is 6.09. The predicted octanol–water partition coefficient (Wildman–Crippen LogP) is 4.03. The van der Waals surface area contributed by atoms with Gasteiger partial charge in [-0.1, -0.05) is 18.2 Å². The number of amides is 1. The summed E-state index contributed by atoms with van der Waals surface area (Å²) in [5.41, 5.74) is 0.106. The molecule has 1 heterocycles. The van der Waals surface area contributed by atoms with Gasteiger partial charge in [-0.05, 0) is 6.07 Å². The van der Waals surface area contributed by atoms with Crippen LogP contribution in [0.2, 0.25) is 0 Å². The molecule has 0 bridgehead atoms. The Hall–Kier alpha value is -2.24. The summed E-state index contributed by atoms with van der Waals surface area (Å²) in [5, 5.41) is 2.51. The molecule has 1 N–H and O–H groups in total. The lowest BCUT2D eigenvalue weighted by Crippen LogP contribution is -2.30. The highest BCUT2D eigenvalue weighted by molar-refractivity contribution is 7.99. The number of alkyl halides is 6. The Morgan fingerprint density at radius 3 is 2.46 bits per heavy atom. The molecule has 0 aliphatic carbocycles. The lowest BCUT2D eigenvalue weighted by molar-refractivity contribution is -0.160. The number of carbonyl (C=O) groups is 1. The zero-order valence-corrected chi connectivity index (χ0v) is 13.6. The molecule has 0 fully saturated rings. The molecule has 12 heteroatoms. The van der Waals surface area contributed by atoms with Crippen LogP contribution in [0, 0.1) is 0 Å². The van der Waals surface area contributed by atoms with E-state index in [1.807, 2.05) is 0 Å². The Bertz CT molecular complexity index is 781. The number of para-hydroxylation sites is 1. The molecule has 1 amide bonds. The molecule has 1 aromatic heterocycles. The third-order valence-corrected chi connectivity index (χ3v) is 3.79. The Kier molecular flexibility index (Phi) is 6.16. The average molecular weight is 399 g/mol. The molecule has 26 heavy (non-hydrogen) atoms. The first-order valence-corrected chi connectivity index (χ1v) is 7.99. The van der Waals surface area contributed by atoms with Gasteiger partial charge in [-0.15, -0.1) is 11.8 Å². The van der Waals surface area contributed by atoms with E-state index in [9.17, 15) is 31.1 Å². The van der Waals surface area contributed by atoms with Crippen LogP contribution in [0.1, 0.15) is 5.82 Å². The summed E-state index contributed by atoms with van der Waals surface area (Å²) in [7, 11) is 0. The number of aromatic nitrogens is 2. The minimum absolute atomic E-state index is 0.0494. The maximum atomic E-state index is 12.9. The first-order chi connectivity index (χ1) is 12.1. The normalized spacial score (nSPS) is 12.2. The number of carbonyl (C=O) groups excluding carboxylic acids is 1. The quantitative estimate of drug-likeness (QED) is 0.356. The van der Waals surface area contributed by atoms with Gasteiger partial charge < -0.3 is 10.1 Å². The van der Waals surface area contributed by atoms with E-state index in [4.69, 9.17) is 0 Å². The summed E-state index contributed by atoms with van der Waals surface area (Å²) < 4.78 is 78.2. The standard InChI is InChI=1S/C14H11F6N3O2S/c15-13(16,17)7-25-12(24)21-5-6-26-10-8-3-1-2-4-9(8)22-11(23-10)14(18,19)20/h1-4H,5-7H2,(H,21,24). The van der Waals surface area contributed by atoms with Crippen LogP contribution in [0.4, 0.5) is 31.1 Å². The van der Waals surface area contributed by atoms with Crippen molar-refractivity contribution in [3.63, 3.8) is 0 Å². The van der Waals surface area contributed by atoms with E-state index in [1.54, 1.807) is 12.1 Å². The van der Waals surface area contributed by atoms with E-state index in [0.717, 1.165) is 11.8 Å². The molecule has 1 aromatic carbocycles. The molecule has 0 aliphatic heterocycles. The number of hydrogen-bond acceptors (Lipinski definition) is 5. The van der Waals surface area contributed by atoms with Crippen molar-refractivity contribution < 1.29 is 35.9 Å². The molecule has 0 spiro atoms. The maximum absolute atomic E-state index is 12.9. The molecule has 2 aromatic rings. The molecule has 0 atom stereocenters. The minimum Gasteiger partial charge on any atom is -0.440 e. The van der Waals surface area contributed by atoms with Gasteiger partial charge in [0.15, 0.2) is 6.61 Å². The van der Waals surface area contributed by atoms with Crippen LogP contribution in [0.5, 0.6) is 0 Å². The van der Waals surface area contributed by atoms with Gasteiger partial charge in [-0.25, -0.2) is 14.8 Å². The summed E-state index contributed by atoms with van der Waals surface area (Å²) in [4.78, 5) is 18.0. The maximum Gasteiger partial charge on any atom is 0.451 e. The van der Waals surface area contributed by atoms with E-state index in [-0.39, 0.29) is 22.8 Å². The molecule has 142 valence electrons. The zero-order chi connectivity index (χ0) is 19.4. The third kappa shape index (κ3) is 5.93. The fourth-order valence-corrected chi connectivity index (χ4v) is 2.66. The number of ether oxygens (including phenoxy) is 1. The van der Waals surface area contributed by atoms with E-state index in [2.05, 4.69) is 20.0 Å². The average Bonchev–Trinajstić information content (AvgIpc) is 2.55. The zero-order valence-electron chi connectivity index (χ0n) is 12.8. The largest absolute Gasteiger partial charge is 0.451 e. The molecule has 0 saturated carbocycles. The van der Waals surface area contributed by atoms with Gasteiger partial charge in [0.25, 0.3) is 0 Å². The van der Waals surface area contributed by atoms with E-state index in [0.29, 0.717) is 5.39 Å². The van der Waals surface area contributed by atoms with Crippen LogP contribution in [-0.4, -0.2) is 41.1 Å². The number of nitrogens with zero attached hydrogens (tertiary/aromatic N) is 2. The van der Waals surface area contributed by atoms with Gasteiger partial charge >= 0.3 is 18.4 Å². The topological polar surface area (TPSA) is 64.1 Å². The van der Waals surface area contributed by atoms with Crippen molar-refractivity contribution in [2.24, 2.45) is 0 Å². The highest BCUT2D eigenvalue weighted by Crippen LogP contribution is 2.31. The molecular weight excluding hydrogens is 388 g/mol. The lowest BCUT2D eigenvalue weighted by atomic mass is 10.2. The number of thioether (sulfide) groups is 1. The summed E-state index contributed by atoms with van der Waals surface area (Å²) in [5.74, 6) is -1.23. The Balaban J connectivity index is 1.99. The number of alkyl carbamates (subject to hydrolysis) is 1. The second-order valence-electron chi connectivity index (χ2n) is 4.83. The van der Waals surface area contributed by atoms with Crippen LogP contribution in [0.15, 0.2) is 29.3 Å². The number of hydrogen-bond donors (Lipinski definition) is 1. The molecule has 0 saturated heterocycles. The second kappa shape index (κ2) is 7.98. The Morgan fingerprint density at radius 1 is 1.12 bits per heavy atom. The van der Waals surface area contributed by atoms with Gasteiger partial charge in [0.05, 0.1) is 5.52 Å². The van der Waals surface area contributed by atoms with Gasteiger partial charge in [-0.3, -0.25) is 0 Å². The molecular formula is C14H11F6N3O2S. The Morgan fingerprint density at radius 2 is 1.81 bits per heavy atom. The summed E-state index contributed by atoms with van der Waals surface area (Å²) >= 11 is 0.902. The van der Waals surface area contributed by atoms with E-state index in [1.165, 1.54) is 12.1 Å². The number of nitrogens with one attached hydrogen (secondary N) is 1. The fraction of sp³-hybridized carbons (Fsp3) is 0.357. The SMILES string of the molecule is O=C(NCCSc1nc(C(F)(F)F)nc2ccccc12)OCC(F)(F)F. The van der Waals surface area contributed by atoms with Crippen molar-refractivity contribution in [2.75, 3.05) is 18.9 Å². The molecule has 0 aliphatic rings. The molecule has 5 nitrogen and oxygen atoms in total. The van der Waals surface area contributed by atoms with Crippen LogP contribution in [0.25, 0.3) is 10.9 Å². The number of benzene rings is 1. The molecule has 0 unspecified atom stereocenters.